The number of carbonyl (C=O) groups is 3. The molecule has 9 heteroatoms. The molecule has 41 heavy (non-hydrogen) atoms. The Morgan fingerprint density at radius 1 is 1.07 bits per heavy atom. The van der Waals surface area contributed by atoms with Crippen LogP contribution in [0.1, 0.15) is 40.7 Å². The Hall–Kier alpha value is -3.88. The molecule has 1 N–H and O–H groups in total. The third-order valence-electron chi connectivity index (χ3n) is 7.68. The fourth-order valence-corrected chi connectivity index (χ4v) is 6.60. The van der Waals surface area contributed by atoms with Crippen molar-refractivity contribution in [1.82, 2.24) is 9.80 Å². The molecule has 0 bridgehead atoms. The molecule has 0 aliphatic carbocycles. The molecule has 1 unspecified atom stereocenters. The monoisotopic (exact) mass is 590 g/mol. The van der Waals surface area contributed by atoms with Crippen LogP contribution in [-0.4, -0.2) is 58.4 Å². The molecule has 2 heterocycles. The quantitative estimate of drug-likeness (QED) is 0.227. The number of phenolic OH excluding ortho intramolecular Hbond substituents is 1. The van der Waals surface area contributed by atoms with Crippen molar-refractivity contribution in [2.24, 2.45) is 0 Å². The zero-order chi connectivity index (χ0) is 29.0. The van der Waals surface area contributed by atoms with Crippen LogP contribution in [0.25, 0.3) is 10.1 Å². The standard InChI is InChI=1S/C32H31ClN2O5S/c1-40-29(37)14-7-16-34(20-22-8-6-10-24(33)18-22)31(39)32(19-23-9-2-4-12-27(23)36)15-17-35(32)30(38)26-21-41-28-13-5-3-11-25(26)28/h2-6,8-13,18,21,36H,7,14-17,19-20H2,1H3. The van der Waals surface area contributed by atoms with Gasteiger partial charge in [0.15, 0.2) is 0 Å². The van der Waals surface area contributed by atoms with Gasteiger partial charge >= 0.3 is 5.97 Å². The maximum Gasteiger partial charge on any atom is 0.305 e. The van der Waals surface area contributed by atoms with Gasteiger partial charge in [-0.15, -0.1) is 11.3 Å². The predicted octanol–water partition coefficient (Wildman–Crippen LogP) is 6.07. The average Bonchev–Trinajstić information content (AvgIpc) is 3.39. The topological polar surface area (TPSA) is 87.2 Å². The summed E-state index contributed by atoms with van der Waals surface area (Å²) in [5, 5.41) is 13.9. The Bertz CT molecular complexity index is 1590. The lowest BCUT2D eigenvalue weighted by Gasteiger charge is -2.53. The molecule has 2 amide bonds. The second-order valence-electron chi connectivity index (χ2n) is 10.2. The lowest BCUT2D eigenvalue weighted by atomic mass is 9.76. The summed E-state index contributed by atoms with van der Waals surface area (Å²) < 4.78 is 5.80. The summed E-state index contributed by atoms with van der Waals surface area (Å²) in [5.74, 6) is -0.722. The number of esters is 1. The van der Waals surface area contributed by atoms with Crippen molar-refractivity contribution in [2.75, 3.05) is 20.2 Å². The Morgan fingerprint density at radius 3 is 2.59 bits per heavy atom. The van der Waals surface area contributed by atoms with Gasteiger partial charge in [-0.2, -0.15) is 0 Å². The summed E-state index contributed by atoms with van der Waals surface area (Å²) in [6, 6.07) is 21.9. The summed E-state index contributed by atoms with van der Waals surface area (Å²) in [4.78, 5) is 43.9. The summed E-state index contributed by atoms with van der Waals surface area (Å²) in [6.45, 7) is 0.953. The van der Waals surface area contributed by atoms with Gasteiger partial charge in [-0.25, -0.2) is 0 Å². The van der Waals surface area contributed by atoms with Crippen LogP contribution in [-0.2, 0) is 27.3 Å². The molecule has 0 radical (unpaired) electrons. The van der Waals surface area contributed by atoms with Crippen LogP contribution in [0, 0.1) is 0 Å². The van der Waals surface area contributed by atoms with Crippen LogP contribution in [0.2, 0.25) is 5.02 Å². The van der Waals surface area contributed by atoms with E-state index >= 15 is 0 Å². The number of rotatable bonds is 10. The molecule has 1 atom stereocenters. The fraction of sp³-hybridized carbons (Fsp3) is 0.281. The van der Waals surface area contributed by atoms with Gasteiger partial charge in [-0.3, -0.25) is 14.4 Å². The zero-order valence-corrected chi connectivity index (χ0v) is 24.3. The van der Waals surface area contributed by atoms with E-state index in [9.17, 15) is 19.5 Å². The lowest BCUT2D eigenvalue weighted by molar-refractivity contribution is -0.152. The summed E-state index contributed by atoms with van der Waals surface area (Å²) in [6.07, 6.45) is 1.16. The predicted molar refractivity (Wildman–Crippen MR) is 160 cm³/mol. The number of ether oxygens (including phenoxy) is 1. The number of likely N-dealkylation sites (tertiary alicyclic amines) is 1. The van der Waals surface area contributed by atoms with Crippen molar-refractivity contribution >= 4 is 50.8 Å². The molecular weight excluding hydrogens is 560 g/mol. The van der Waals surface area contributed by atoms with Crippen LogP contribution in [0.3, 0.4) is 0 Å². The molecule has 1 aromatic heterocycles. The lowest BCUT2D eigenvalue weighted by Crippen LogP contribution is -2.70. The minimum absolute atomic E-state index is 0.0760. The number of benzene rings is 3. The van der Waals surface area contributed by atoms with Crippen LogP contribution in [0.5, 0.6) is 5.75 Å². The number of hydrogen-bond donors (Lipinski definition) is 1. The van der Waals surface area contributed by atoms with E-state index in [0.29, 0.717) is 35.5 Å². The number of methoxy groups -OCH3 is 1. The van der Waals surface area contributed by atoms with Crippen molar-refractivity contribution in [3.63, 3.8) is 0 Å². The highest BCUT2D eigenvalue weighted by atomic mass is 35.5. The van der Waals surface area contributed by atoms with Crippen LogP contribution in [0.4, 0.5) is 0 Å². The van der Waals surface area contributed by atoms with Crippen molar-refractivity contribution < 1.29 is 24.2 Å². The Labute approximate surface area is 247 Å². The van der Waals surface area contributed by atoms with Gasteiger partial charge in [0.2, 0.25) is 5.91 Å². The minimum atomic E-state index is -1.21. The van der Waals surface area contributed by atoms with E-state index in [1.54, 1.807) is 40.1 Å². The van der Waals surface area contributed by atoms with E-state index < -0.39 is 5.54 Å². The number of hydrogen-bond acceptors (Lipinski definition) is 6. The van der Waals surface area contributed by atoms with E-state index in [4.69, 9.17) is 16.3 Å². The molecule has 3 aromatic carbocycles. The molecule has 1 fully saturated rings. The Balaban J connectivity index is 1.52. The first-order valence-electron chi connectivity index (χ1n) is 13.5. The van der Waals surface area contributed by atoms with E-state index in [1.165, 1.54) is 18.4 Å². The molecule has 0 spiro atoms. The maximum absolute atomic E-state index is 14.6. The van der Waals surface area contributed by atoms with Gasteiger partial charge in [0.05, 0.1) is 12.7 Å². The van der Waals surface area contributed by atoms with Gasteiger partial charge in [0, 0.05) is 53.0 Å². The van der Waals surface area contributed by atoms with E-state index in [2.05, 4.69) is 0 Å². The third-order valence-corrected chi connectivity index (χ3v) is 8.88. The molecule has 212 valence electrons. The minimum Gasteiger partial charge on any atom is -0.508 e. The number of amides is 2. The van der Waals surface area contributed by atoms with E-state index in [-0.39, 0.29) is 49.5 Å². The van der Waals surface area contributed by atoms with Crippen molar-refractivity contribution in [3.05, 3.63) is 99.9 Å². The van der Waals surface area contributed by atoms with Crippen LogP contribution in [0.15, 0.2) is 78.2 Å². The zero-order valence-electron chi connectivity index (χ0n) is 22.7. The first-order chi connectivity index (χ1) is 19.8. The number of halogens is 1. The molecule has 1 aliphatic rings. The molecule has 1 aliphatic heterocycles. The van der Waals surface area contributed by atoms with Gasteiger partial charge in [0.25, 0.3) is 5.91 Å². The van der Waals surface area contributed by atoms with Gasteiger partial charge in [0.1, 0.15) is 11.3 Å². The maximum atomic E-state index is 14.6. The second-order valence-corrected chi connectivity index (χ2v) is 11.6. The first kappa shape index (κ1) is 28.6. The Morgan fingerprint density at radius 2 is 1.85 bits per heavy atom. The first-order valence-corrected chi connectivity index (χ1v) is 14.7. The number of aromatic hydroxyl groups is 1. The molecule has 4 aromatic rings. The number of para-hydroxylation sites is 1. The largest absolute Gasteiger partial charge is 0.508 e. The van der Waals surface area contributed by atoms with Crippen LogP contribution < -0.4 is 0 Å². The van der Waals surface area contributed by atoms with Gasteiger partial charge in [-0.1, -0.05) is 60.1 Å². The fourth-order valence-electron chi connectivity index (χ4n) is 5.45. The smallest absolute Gasteiger partial charge is 0.305 e. The highest BCUT2D eigenvalue weighted by molar-refractivity contribution is 7.17. The second kappa shape index (κ2) is 12.3. The number of carbonyl (C=O) groups excluding carboxylic acids is 3. The number of fused-ring (bicyclic) bond motifs is 1. The highest BCUT2D eigenvalue weighted by Crippen LogP contribution is 2.41. The molecule has 1 saturated heterocycles. The molecule has 7 nitrogen and oxygen atoms in total. The number of thiophene rings is 1. The van der Waals surface area contributed by atoms with E-state index in [0.717, 1.165) is 15.6 Å². The SMILES string of the molecule is COC(=O)CCCN(Cc1cccc(Cl)c1)C(=O)C1(Cc2ccccc2O)CCN1C(=O)c1csc2ccccc12. The number of nitrogens with zero attached hydrogens (tertiary/aromatic N) is 2. The molecule has 5 rings (SSSR count). The number of phenols is 1. The summed E-state index contributed by atoms with van der Waals surface area (Å²) >= 11 is 7.75. The van der Waals surface area contributed by atoms with Crippen molar-refractivity contribution in [3.8, 4) is 5.75 Å². The summed E-state index contributed by atoms with van der Waals surface area (Å²) in [7, 11) is 1.34. The normalized spacial score (nSPS) is 16.3. The average molecular weight is 591 g/mol. The van der Waals surface area contributed by atoms with Crippen molar-refractivity contribution in [1.29, 1.82) is 0 Å². The molecular formula is C32H31ClN2O5S. The van der Waals surface area contributed by atoms with E-state index in [1.807, 2.05) is 47.8 Å². The Kier molecular flexibility index (Phi) is 8.61. The van der Waals surface area contributed by atoms with Crippen molar-refractivity contribution in [2.45, 2.75) is 37.8 Å². The third kappa shape index (κ3) is 5.94. The van der Waals surface area contributed by atoms with Crippen LogP contribution >= 0.6 is 22.9 Å². The summed E-state index contributed by atoms with van der Waals surface area (Å²) in [5.41, 5.74) is 0.781. The van der Waals surface area contributed by atoms with Gasteiger partial charge in [-0.05, 0) is 48.2 Å². The highest BCUT2D eigenvalue weighted by Gasteiger charge is 2.55. The molecule has 0 saturated carbocycles. The van der Waals surface area contributed by atoms with Gasteiger partial charge < -0.3 is 19.6 Å².